The third-order valence-electron chi connectivity index (χ3n) is 5.61. The minimum absolute atomic E-state index is 0.0285. The average Bonchev–Trinajstić information content (AvgIpc) is 3.54. The van der Waals surface area contributed by atoms with Crippen LogP contribution in [0.5, 0.6) is 11.5 Å². The highest BCUT2D eigenvalue weighted by atomic mass is 35.5. The molecule has 0 bridgehead atoms. The zero-order chi connectivity index (χ0) is 33.2. The highest BCUT2D eigenvalue weighted by molar-refractivity contribution is 7.90. The molecule has 0 saturated carbocycles. The lowest BCUT2D eigenvalue weighted by molar-refractivity contribution is -0.00639. The molecule has 2 aromatic carbocycles. The molecule has 0 fully saturated rings. The molecule has 4 rings (SSSR count). The van der Waals surface area contributed by atoms with Gasteiger partial charge in [0.2, 0.25) is 4.80 Å². The van der Waals surface area contributed by atoms with Gasteiger partial charge >= 0.3 is 7.82 Å². The van der Waals surface area contributed by atoms with Gasteiger partial charge in [-0.1, -0.05) is 11.6 Å². The molecule has 0 saturated heterocycles. The molecule has 0 aliphatic heterocycles. The zero-order valence-electron chi connectivity index (χ0n) is 25.7. The van der Waals surface area contributed by atoms with Crippen LogP contribution in [0.15, 0.2) is 69.5 Å². The fourth-order valence-electron chi connectivity index (χ4n) is 3.89. The van der Waals surface area contributed by atoms with Crippen LogP contribution in [0.25, 0.3) is 11.3 Å². The maximum atomic E-state index is 13.4. The summed E-state index contributed by atoms with van der Waals surface area (Å²) in [6.07, 6.45) is 3.16. The van der Waals surface area contributed by atoms with Gasteiger partial charge in [0, 0.05) is 35.4 Å². The van der Waals surface area contributed by atoms with E-state index in [1.54, 1.807) is 89.1 Å². The summed E-state index contributed by atoms with van der Waals surface area (Å²) in [4.78, 5) is -0.193. The number of thiazole rings is 1. The third-order valence-corrected chi connectivity index (χ3v) is 9.99. The fourth-order valence-corrected chi connectivity index (χ4v) is 7.78. The number of aromatic nitrogens is 3. The van der Waals surface area contributed by atoms with E-state index >= 15 is 0 Å². The van der Waals surface area contributed by atoms with Crippen molar-refractivity contribution in [1.29, 1.82) is 5.26 Å². The topological polar surface area (TPSA) is 147 Å². The van der Waals surface area contributed by atoms with Gasteiger partial charge < -0.3 is 4.74 Å². The molecule has 0 radical (unpaired) electrons. The van der Waals surface area contributed by atoms with E-state index < -0.39 is 29.0 Å². The van der Waals surface area contributed by atoms with Gasteiger partial charge in [-0.2, -0.15) is 18.8 Å². The molecule has 16 heteroatoms. The van der Waals surface area contributed by atoms with E-state index in [2.05, 4.69) is 9.50 Å². The van der Waals surface area contributed by atoms with Crippen molar-refractivity contribution in [2.75, 3.05) is 0 Å². The molecule has 4 aromatic rings. The normalized spacial score (nSPS) is 13.2. The number of benzene rings is 2. The van der Waals surface area contributed by atoms with Crippen molar-refractivity contribution in [1.82, 2.24) is 14.3 Å². The number of sulfonamides is 1. The lowest BCUT2D eigenvalue weighted by Gasteiger charge is -2.30. The van der Waals surface area contributed by atoms with Crippen LogP contribution in [0.1, 0.15) is 47.1 Å². The van der Waals surface area contributed by atoms with E-state index in [4.69, 9.17) is 29.9 Å². The molecule has 0 unspecified atom stereocenters. The van der Waals surface area contributed by atoms with E-state index in [-0.39, 0.29) is 27.7 Å². The molecule has 2 aromatic heterocycles. The summed E-state index contributed by atoms with van der Waals surface area (Å²) < 4.78 is 70.0. The Bertz CT molecular complexity index is 1950. The largest absolute Gasteiger partial charge is 0.477 e. The van der Waals surface area contributed by atoms with E-state index in [0.717, 1.165) is 17.0 Å². The van der Waals surface area contributed by atoms with Gasteiger partial charge in [0.25, 0.3) is 10.0 Å². The zero-order valence-corrected chi connectivity index (χ0v) is 29.0. The molecule has 0 N–H and O–H groups in total. The highest BCUT2D eigenvalue weighted by Gasteiger charge is 2.37. The predicted octanol–water partition coefficient (Wildman–Crippen LogP) is 7.27. The summed E-state index contributed by atoms with van der Waals surface area (Å²) in [5.41, 5.74) is -0.368. The lowest BCUT2D eigenvalue weighted by atomic mass is 10.1. The molecular weight excluding hydrogens is 661 g/mol. The first-order valence-corrected chi connectivity index (χ1v) is 17.6. The molecule has 12 nitrogen and oxygen atoms in total. The monoisotopic (exact) mass is 693 g/mol. The number of nitrogens with zero attached hydrogens (tertiary/aromatic N) is 5. The number of phosphoric ester groups is 1. The van der Waals surface area contributed by atoms with Gasteiger partial charge in [-0.25, -0.2) is 4.57 Å². The first kappa shape index (κ1) is 34.6. The maximum absolute atomic E-state index is 13.4. The number of aryl methyl sites for hydroxylation is 1. The van der Waals surface area contributed by atoms with Crippen LogP contribution >= 0.6 is 30.8 Å². The first-order valence-electron chi connectivity index (χ1n) is 13.5. The fraction of sp³-hybridized carbons (Fsp3) is 0.345. The van der Waals surface area contributed by atoms with Crippen LogP contribution in [0.2, 0.25) is 5.02 Å². The summed E-state index contributed by atoms with van der Waals surface area (Å²) in [7, 11) is -6.61. The van der Waals surface area contributed by atoms with Gasteiger partial charge in [0.1, 0.15) is 24.3 Å². The van der Waals surface area contributed by atoms with E-state index in [1.807, 2.05) is 6.07 Å². The van der Waals surface area contributed by atoms with Crippen molar-refractivity contribution < 1.29 is 31.3 Å². The summed E-state index contributed by atoms with van der Waals surface area (Å²) in [6.45, 7) is 9.89. The van der Waals surface area contributed by atoms with Crippen molar-refractivity contribution in [3.05, 3.63) is 75.6 Å². The van der Waals surface area contributed by atoms with Crippen molar-refractivity contribution in [3.8, 4) is 28.8 Å². The van der Waals surface area contributed by atoms with Crippen molar-refractivity contribution in [2.45, 2.75) is 64.4 Å². The van der Waals surface area contributed by atoms with Gasteiger partial charge in [-0.15, -0.1) is 15.7 Å². The number of hydrogen-bond donors (Lipinski definition) is 0. The average molecular weight is 694 g/mol. The Morgan fingerprint density at radius 3 is 2.31 bits per heavy atom. The molecule has 45 heavy (non-hydrogen) atoms. The maximum Gasteiger partial charge on any atom is 0.477 e. The minimum atomic E-state index is -4.30. The Kier molecular flexibility index (Phi) is 10.2. The number of ether oxygens (including phenoxy) is 1. The second-order valence-electron chi connectivity index (χ2n) is 11.7. The number of phosphoric acid groups is 1. The van der Waals surface area contributed by atoms with Crippen molar-refractivity contribution in [2.24, 2.45) is 11.4 Å². The van der Waals surface area contributed by atoms with Crippen LogP contribution < -0.4 is 9.54 Å². The summed E-state index contributed by atoms with van der Waals surface area (Å²) >= 11 is 7.25. The molecule has 0 aliphatic rings. The van der Waals surface area contributed by atoms with Crippen LogP contribution in [-0.4, -0.2) is 34.0 Å². The summed E-state index contributed by atoms with van der Waals surface area (Å²) in [5, 5.41) is 16.1. The van der Waals surface area contributed by atoms with Crippen LogP contribution in [0.4, 0.5) is 0 Å². The molecule has 0 atom stereocenters. The van der Waals surface area contributed by atoms with E-state index in [1.165, 1.54) is 29.0 Å². The Morgan fingerprint density at radius 2 is 1.71 bits per heavy atom. The highest BCUT2D eigenvalue weighted by Crippen LogP contribution is 2.55. The van der Waals surface area contributed by atoms with Gasteiger partial charge in [0.15, 0.2) is 0 Å². The number of halogens is 1. The molecule has 2 heterocycles. The lowest BCUT2D eigenvalue weighted by Crippen LogP contribution is -2.26. The number of rotatable bonds is 10. The molecule has 0 aliphatic carbocycles. The minimum Gasteiger partial charge on any atom is -0.455 e. The van der Waals surface area contributed by atoms with Gasteiger partial charge in [-0.05, 0) is 84.0 Å². The standard InChI is InChI=1S/C29H33ClN5O7PS2/c1-28(2,3)41-43(36,42-29(4,5)6)39-19-35-14-15-44-27(35)33-45(37,38)22-9-11-25(20(16-22)18-31)40-26-10-8-21(30)17-23(26)24-12-13-32-34(24)7/h8-17H,19H2,1-7H3. The SMILES string of the molecule is Cn1nccc1-c1cc(Cl)ccc1Oc1ccc(S(=O)(=O)N=c2sccn2COP(=O)(OC(C)(C)C)OC(C)(C)C)cc1C#N. The number of hydrogen-bond acceptors (Lipinski definition) is 10. The van der Waals surface area contributed by atoms with Crippen molar-refractivity contribution >= 4 is 40.8 Å². The molecule has 0 spiro atoms. The second kappa shape index (κ2) is 13.2. The quantitative estimate of drug-likeness (QED) is 0.156. The van der Waals surface area contributed by atoms with Gasteiger partial charge in [0.05, 0.1) is 27.4 Å². The Balaban J connectivity index is 1.62. The summed E-state index contributed by atoms with van der Waals surface area (Å²) in [6, 6.07) is 12.7. The third kappa shape index (κ3) is 9.14. The summed E-state index contributed by atoms with van der Waals surface area (Å²) in [5.74, 6) is 0.526. The first-order chi connectivity index (χ1) is 20.9. The molecule has 0 amide bonds. The van der Waals surface area contributed by atoms with E-state index in [9.17, 15) is 18.2 Å². The smallest absolute Gasteiger partial charge is 0.455 e. The van der Waals surface area contributed by atoms with Crippen LogP contribution in [0.3, 0.4) is 0 Å². The van der Waals surface area contributed by atoms with Crippen LogP contribution in [-0.2, 0) is 41.9 Å². The van der Waals surface area contributed by atoms with E-state index in [0.29, 0.717) is 16.3 Å². The van der Waals surface area contributed by atoms with Crippen molar-refractivity contribution in [3.63, 3.8) is 0 Å². The second-order valence-corrected chi connectivity index (χ2v) is 16.1. The molecular formula is C29H33ClN5O7PS2. The molecule has 240 valence electrons. The van der Waals surface area contributed by atoms with Gasteiger partial charge in [-0.3, -0.25) is 22.8 Å². The van der Waals surface area contributed by atoms with Crippen LogP contribution in [0, 0.1) is 11.3 Å². The number of nitriles is 1. The Morgan fingerprint density at radius 1 is 1.04 bits per heavy atom. The Hall–Kier alpha value is -3.28. The predicted molar refractivity (Wildman–Crippen MR) is 170 cm³/mol. The Labute approximate surface area is 271 Å².